The fourth-order valence-electron chi connectivity index (χ4n) is 2.02. The molecule has 0 bridgehead atoms. The minimum absolute atomic E-state index is 0.744. The molecular weight excluding hydrogens is 264 g/mol. The second-order valence-electron chi connectivity index (χ2n) is 4.79. The van der Waals surface area contributed by atoms with Crippen LogP contribution in [0.3, 0.4) is 0 Å². The normalized spacial score (nSPS) is 10.8. The standard InChI is InChI=1S/C18H18O3/c1-3-14-5-4-6-16(12-14)21-17-9-7-15(13(2)11-17)8-10-18(19)20/h4-12H,3H2,1-2H3,(H,19,20). The molecule has 2 aromatic rings. The SMILES string of the molecule is CCc1cccc(Oc2ccc(C=CC(=O)O)c(C)c2)c1. The summed E-state index contributed by atoms with van der Waals surface area (Å²) in [5.74, 6) is 0.599. The highest BCUT2D eigenvalue weighted by Crippen LogP contribution is 2.25. The van der Waals surface area contributed by atoms with Crippen molar-refractivity contribution in [2.45, 2.75) is 20.3 Å². The predicted molar refractivity (Wildman–Crippen MR) is 83.7 cm³/mol. The number of carboxylic acid groups (broad SMARTS) is 1. The molecular formula is C18H18O3. The van der Waals surface area contributed by atoms with E-state index < -0.39 is 5.97 Å². The summed E-state index contributed by atoms with van der Waals surface area (Å²) in [6, 6.07) is 13.6. The molecule has 3 heteroatoms. The molecule has 2 rings (SSSR count). The zero-order valence-corrected chi connectivity index (χ0v) is 12.2. The second-order valence-corrected chi connectivity index (χ2v) is 4.79. The lowest BCUT2D eigenvalue weighted by Crippen LogP contribution is -1.90. The number of ether oxygens (including phenoxy) is 1. The van der Waals surface area contributed by atoms with Crippen LogP contribution in [0.1, 0.15) is 23.6 Å². The molecule has 0 atom stereocenters. The highest BCUT2D eigenvalue weighted by atomic mass is 16.5. The van der Waals surface area contributed by atoms with Gasteiger partial charge in [-0.25, -0.2) is 4.79 Å². The highest BCUT2D eigenvalue weighted by Gasteiger charge is 2.02. The number of carboxylic acids is 1. The number of carbonyl (C=O) groups is 1. The number of aliphatic carboxylic acids is 1. The first kappa shape index (κ1) is 14.9. The third-order valence-electron chi connectivity index (χ3n) is 3.19. The molecule has 0 unspecified atom stereocenters. The van der Waals surface area contributed by atoms with E-state index in [4.69, 9.17) is 9.84 Å². The third kappa shape index (κ3) is 4.21. The van der Waals surface area contributed by atoms with Crippen molar-refractivity contribution in [1.29, 1.82) is 0 Å². The Morgan fingerprint density at radius 2 is 1.95 bits per heavy atom. The summed E-state index contributed by atoms with van der Waals surface area (Å²) in [5.41, 5.74) is 3.06. The zero-order chi connectivity index (χ0) is 15.2. The molecule has 0 spiro atoms. The third-order valence-corrected chi connectivity index (χ3v) is 3.19. The lowest BCUT2D eigenvalue weighted by Gasteiger charge is -2.09. The monoisotopic (exact) mass is 282 g/mol. The van der Waals surface area contributed by atoms with Gasteiger partial charge in [-0.05, 0) is 60.4 Å². The van der Waals surface area contributed by atoms with Gasteiger partial charge < -0.3 is 9.84 Å². The predicted octanol–water partition coefficient (Wildman–Crippen LogP) is 4.45. The molecule has 108 valence electrons. The summed E-state index contributed by atoms with van der Waals surface area (Å²) in [5, 5.41) is 8.65. The molecule has 0 aliphatic rings. The summed E-state index contributed by atoms with van der Waals surface area (Å²) >= 11 is 0. The maximum atomic E-state index is 10.5. The van der Waals surface area contributed by atoms with Crippen LogP contribution in [0, 0.1) is 6.92 Å². The van der Waals surface area contributed by atoms with Crippen LogP contribution in [-0.4, -0.2) is 11.1 Å². The zero-order valence-electron chi connectivity index (χ0n) is 12.2. The van der Waals surface area contributed by atoms with Gasteiger partial charge in [-0.3, -0.25) is 0 Å². The molecule has 0 aliphatic carbocycles. The minimum Gasteiger partial charge on any atom is -0.478 e. The van der Waals surface area contributed by atoms with Crippen molar-refractivity contribution >= 4 is 12.0 Å². The fourth-order valence-corrected chi connectivity index (χ4v) is 2.02. The van der Waals surface area contributed by atoms with E-state index in [2.05, 4.69) is 13.0 Å². The van der Waals surface area contributed by atoms with Gasteiger partial charge in [0.2, 0.25) is 0 Å². The van der Waals surface area contributed by atoms with Crippen molar-refractivity contribution < 1.29 is 14.6 Å². The van der Waals surface area contributed by atoms with Crippen LogP contribution in [0.4, 0.5) is 0 Å². The molecule has 0 saturated carbocycles. The van der Waals surface area contributed by atoms with Crippen LogP contribution in [0.5, 0.6) is 11.5 Å². The quantitative estimate of drug-likeness (QED) is 0.824. The maximum absolute atomic E-state index is 10.5. The van der Waals surface area contributed by atoms with Gasteiger partial charge in [-0.1, -0.05) is 25.1 Å². The van der Waals surface area contributed by atoms with E-state index in [1.165, 1.54) is 5.56 Å². The van der Waals surface area contributed by atoms with E-state index in [9.17, 15) is 4.79 Å². The van der Waals surface area contributed by atoms with E-state index in [-0.39, 0.29) is 0 Å². The topological polar surface area (TPSA) is 46.5 Å². The van der Waals surface area contributed by atoms with E-state index >= 15 is 0 Å². The maximum Gasteiger partial charge on any atom is 0.328 e. The smallest absolute Gasteiger partial charge is 0.328 e. The van der Waals surface area contributed by atoms with Crippen molar-refractivity contribution in [1.82, 2.24) is 0 Å². The largest absolute Gasteiger partial charge is 0.478 e. The second kappa shape index (κ2) is 6.75. The average molecular weight is 282 g/mol. The van der Waals surface area contributed by atoms with E-state index in [0.29, 0.717) is 0 Å². The van der Waals surface area contributed by atoms with E-state index in [0.717, 1.165) is 35.1 Å². The number of benzene rings is 2. The molecule has 0 fully saturated rings. The Balaban J connectivity index is 2.18. The first-order valence-corrected chi connectivity index (χ1v) is 6.87. The highest BCUT2D eigenvalue weighted by molar-refractivity contribution is 5.85. The molecule has 3 nitrogen and oxygen atoms in total. The average Bonchev–Trinajstić information content (AvgIpc) is 2.46. The van der Waals surface area contributed by atoms with Gasteiger partial charge in [-0.2, -0.15) is 0 Å². The number of aryl methyl sites for hydroxylation is 2. The molecule has 0 aromatic heterocycles. The van der Waals surface area contributed by atoms with Crippen molar-refractivity contribution in [2.75, 3.05) is 0 Å². The first-order valence-electron chi connectivity index (χ1n) is 6.87. The Morgan fingerprint density at radius 3 is 2.62 bits per heavy atom. The van der Waals surface area contributed by atoms with Gasteiger partial charge in [0.05, 0.1) is 0 Å². The first-order chi connectivity index (χ1) is 10.1. The Hall–Kier alpha value is -2.55. The van der Waals surface area contributed by atoms with Crippen LogP contribution in [0.25, 0.3) is 6.08 Å². The molecule has 0 saturated heterocycles. The Bertz CT molecular complexity index is 672. The van der Waals surface area contributed by atoms with Crippen molar-refractivity contribution in [3.8, 4) is 11.5 Å². The molecule has 0 heterocycles. The summed E-state index contributed by atoms with van der Waals surface area (Å²) in [7, 11) is 0. The van der Waals surface area contributed by atoms with Gasteiger partial charge in [-0.15, -0.1) is 0 Å². The number of hydrogen-bond donors (Lipinski definition) is 1. The Kier molecular flexibility index (Phi) is 4.77. The van der Waals surface area contributed by atoms with Gasteiger partial charge in [0.25, 0.3) is 0 Å². The van der Waals surface area contributed by atoms with Crippen LogP contribution >= 0.6 is 0 Å². The molecule has 0 radical (unpaired) electrons. The summed E-state index contributed by atoms with van der Waals surface area (Å²) in [4.78, 5) is 10.5. The van der Waals surface area contributed by atoms with E-state index in [1.54, 1.807) is 6.08 Å². The molecule has 2 aromatic carbocycles. The number of rotatable bonds is 5. The van der Waals surface area contributed by atoms with Crippen molar-refractivity contribution in [3.05, 3.63) is 65.2 Å². The van der Waals surface area contributed by atoms with Gasteiger partial charge in [0.15, 0.2) is 0 Å². The van der Waals surface area contributed by atoms with Gasteiger partial charge >= 0.3 is 5.97 Å². The van der Waals surface area contributed by atoms with Crippen LogP contribution < -0.4 is 4.74 Å². The molecule has 1 N–H and O–H groups in total. The Morgan fingerprint density at radius 1 is 1.19 bits per heavy atom. The molecule has 21 heavy (non-hydrogen) atoms. The lowest BCUT2D eigenvalue weighted by molar-refractivity contribution is -0.131. The van der Waals surface area contributed by atoms with Crippen molar-refractivity contribution in [3.63, 3.8) is 0 Å². The van der Waals surface area contributed by atoms with E-state index in [1.807, 2.05) is 43.3 Å². The minimum atomic E-state index is -0.953. The van der Waals surface area contributed by atoms with Crippen LogP contribution in [0.2, 0.25) is 0 Å². The van der Waals surface area contributed by atoms with Gasteiger partial charge in [0, 0.05) is 6.08 Å². The summed E-state index contributed by atoms with van der Waals surface area (Å²) in [6.07, 6.45) is 3.68. The number of hydrogen-bond acceptors (Lipinski definition) is 2. The summed E-state index contributed by atoms with van der Waals surface area (Å²) < 4.78 is 5.84. The van der Waals surface area contributed by atoms with Crippen LogP contribution in [-0.2, 0) is 11.2 Å². The van der Waals surface area contributed by atoms with Crippen LogP contribution in [0.15, 0.2) is 48.5 Å². The summed E-state index contributed by atoms with van der Waals surface area (Å²) in [6.45, 7) is 4.03. The molecule has 0 amide bonds. The lowest BCUT2D eigenvalue weighted by atomic mass is 10.1. The van der Waals surface area contributed by atoms with Crippen molar-refractivity contribution in [2.24, 2.45) is 0 Å². The van der Waals surface area contributed by atoms with Gasteiger partial charge in [0.1, 0.15) is 11.5 Å². The Labute approximate surface area is 124 Å². The molecule has 0 aliphatic heterocycles. The fraction of sp³-hybridized carbons (Fsp3) is 0.167.